The van der Waals surface area contributed by atoms with Crippen molar-refractivity contribution in [1.29, 1.82) is 0 Å². The highest BCUT2D eigenvalue weighted by atomic mass is 32.3. The van der Waals surface area contributed by atoms with Crippen LogP contribution in [-0.4, -0.2) is 51.8 Å². The van der Waals surface area contributed by atoms with E-state index in [-0.39, 0.29) is 11.0 Å². The third-order valence-electron chi connectivity index (χ3n) is 3.63. The summed E-state index contributed by atoms with van der Waals surface area (Å²) in [6.45, 7) is 4.54. The van der Waals surface area contributed by atoms with Crippen molar-refractivity contribution >= 4 is 28.5 Å². The van der Waals surface area contributed by atoms with E-state index < -0.39 is 23.1 Å². The van der Waals surface area contributed by atoms with Gasteiger partial charge >= 0.3 is 17.3 Å². The summed E-state index contributed by atoms with van der Waals surface area (Å²) in [7, 11) is -6.41. The molecule has 9 heteroatoms. The van der Waals surface area contributed by atoms with Gasteiger partial charge < -0.3 is 20.3 Å². The average molecular weight is 316 g/mol. The van der Waals surface area contributed by atoms with Crippen LogP contribution in [0.2, 0.25) is 0 Å². The van der Waals surface area contributed by atoms with Crippen molar-refractivity contribution < 1.29 is 22.4 Å². The molecule has 1 aromatic rings. The van der Waals surface area contributed by atoms with Gasteiger partial charge in [-0.05, 0) is 35.6 Å². The SMILES string of the molecule is Cc1c(CS(=O)(=O)F)cc(N2CCNCC2)cc1B(O)O. The fourth-order valence-electron chi connectivity index (χ4n) is 2.49. The summed E-state index contributed by atoms with van der Waals surface area (Å²) in [5.41, 5.74) is 1.50. The molecule has 0 saturated carbocycles. The predicted molar refractivity (Wildman–Crippen MR) is 79.8 cm³/mol. The Kier molecular flexibility index (Phi) is 4.87. The molecule has 0 radical (unpaired) electrons. The highest BCUT2D eigenvalue weighted by Crippen LogP contribution is 2.21. The third kappa shape index (κ3) is 4.16. The van der Waals surface area contributed by atoms with Crippen LogP contribution < -0.4 is 15.7 Å². The molecule has 1 heterocycles. The first-order chi connectivity index (χ1) is 9.78. The topological polar surface area (TPSA) is 89.9 Å². The van der Waals surface area contributed by atoms with Crippen molar-refractivity contribution in [1.82, 2.24) is 5.32 Å². The van der Waals surface area contributed by atoms with Gasteiger partial charge in [-0.15, -0.1) is 3.89 Å². The standard InChI is InChI=1S/C12H18BFN2O4S/c1-9-10(8-21(14,19)20)6-11(7-12(9)13(17)18)16-4-2-15-3-5-16/h6-7,15,17-18H,2-5,8H2,1H3. The van der Waals surface area contributed by atoms with Crippen molar-refractivity contribution in [2.75, 3.05) is 31.1 Å². The molecule has 0 aromatic heterocycles. The van der Waals surface area contributed by atoms with Gasteiger partial charge in [-0.2, -0.15) is 8.42 Å². The zero-order valence-corrected chi connectivity index (χ0v) is 12.5. The zero-order valence-electron chi connectivity index (χ0n) is 11.7. The van der Waals surface area contributed by atoms with E-state index in [9.17, 15) is 22.4 Å². The molecule has 1 aromatic carbocycles. The van der Waals surface area contributed by atoms with Crippen molar-refractivity contribution in [2.45, 2.75) is 12.7 Å². The van der Waals surface area contributed by atoms with Crippen LogP contribution in [0.1, 0.15) is 11.1 Å². The smallest absolute Gasteiger partial charge is 0.423 e. The molecule has 21 heavy (non-hydrogen) atoms. The minimum Gasteiger partial charge on any atom is -0.423 e. The molecule has 0 atom stereocenters. The fourth-order valence-corrected chi connectivity index (χ4v) is 3.16. The van der Waals surface area contributed by atoms with Crippen LogP contribution in [0, 0.1) is 6.92 Å². The van der Waals surface area contributed by atoms with E-state index in [2.05, 4.69) is 5.32 Å². The van der Waals surface area contributed by atoms with E-state index in [1.54, 1.807) is 19.1 Å². The quantitative estimate of drug-likeness (QED) is 0.482. The highest BCUT2D eigenvalue weighted by molar-refractivity contribution is 7.85. The van der Waals surface area contributed by atoms with Gasteiger partial charge in [-0.1, -0.05) is 0 Å². The summed E-state index contributed by atoms with van der Waals surface area (Å²) >= 11 is 0. The number of hydrogen-bond acceptors (Lipinski definition) is 6. The Bertz CT molecular complexity index is 618. The normalized spacial score (nSPS) is 16.1. The number of nitrogens with zero attached hydrogens (tertiary/aromatic N) is 1. The Balaban J connectivity index is 2.45. The molecular weight excluding hydrogens is 298 g/mol. The molecule has 0 amide bonds. The van der Waals surface area contributed by atoms with E-state index in [1.807, 2.05) is 4.90 Å². The molecule has 0 aliphatic carbocycles. The van der Waals surface area contributed by atoms with Gasteiger partial charge in [-0.3, -0.25) is 0 Å². The van der Waals surface area contributed by atoms with Crippen molar-refractivity contribution in [2.24, 2.45) is 0 Å². The van der Waals surface area contributed by atoms with E-state index >= 15 is 0 Å². The number of rotatable bonds is 4. The van der Waals surface area contributed by atoms with E-state index in [1.165, 1.54) is 0 Å². The van der Waals surface area contributed by atoms with Gasteiger partial charge in [0.05, 0.1) is 0 Å². The molecule has 0 bridgehead atoms. The fraction of sp³-hybridized carbons (Fsp3) is 0.500. The lowest BCUT2D eigenvalue weighted by molar-refractivity contribution is 0.425. The largest absolute Gasteiger partial charge is 0.488 e. The molecule has 6 nitrogen and oxygen atoms in total. The van der Waals surface area contributed by atoms with E-state index in [0.29, 0.717) is 24.3 Å². The second-order valence-electron chi connectivity index (χ2n) is 5.11. The minimum absolute atomic E-state index is 0.199. The Labute approximate surface area is 123 Å². The zero-order chi connectivity index (χ0) is 15.6. The van der Waals surface area contributed by atoms with E-state index in [0.717, 1.165) is 13.1 Å². The maximum atomic E-state index is 13.0. The molecule has 1 saturated heterocycles. The second kappa shape index (κ2) is 6.31. The molecule has 1 aliphatic rings. The molecule has 1 aliphatic heterocycles. The third-order valence-corrected chi connectivity index (χ3v) is 4.28. The molecular formula is C12H18BFN2O4S. The van der Waals surface area contributed by atoms with Crippen molar-refractivity contribution in [3.8, 4) is 0 Å². The number of benzene rings is 1. The minimum atomic E-state index is -4.68. The van der Waals surface area contributed by atoms with Crippen molar-refractivity contribution in [3.05, 3.63) is 23.3 Å². The van der Waals surface area contributed by atoms with Crippen molar-refractivity contribution in [3.63, 3.8) is 0 Å². The van der Waals surface area contributed by atoms with Gasteiger partial charge in [0.1, 0.15) is 5.75 Å². The van der Waals surface area contributed by atoms with Crippen LogP contribution >= 0.6 is 0 Å². The first-order valence-corrected chi connectivity index (χ1v) is 8.21. The lowest BCUT2D eigenvalue weighted by atomic mass is 9.75. The Hall–Kier alpha value is -1.16. The van der Waals surface area contributed by atoms with E-state index in [4.69, 9.17) is 0 Å². The number of halogens is 1. The molecule has 1 fully saturated rings. The maximum Gasteiger partial charge on any atom is 0.488 e. The first-order valence-electron chi connectivity index (χ1n) is 6.65. The molecule has 0 unspecified atom stereocenters. The molecule has 116 valence electrons. The maximum absolute atomic E-state index is 13.0. The van der Waals surface area contributed by atoms with Crippen LogP contribution in [0.4, 0.5) is 9.57 Å². The van der Waals surface area contributed by atoms with Crippen LogP contribution in [0.5, 0.6) is 0 Å². The summed E-state index contributed by atoms with van der Waals surface area (Å²) < 4.78 is 34.8. The summed E-state index contributed by atoms with van der Waals surface area (Å²) in [6, 6.07) is 3.21. The number of anilines is 1. The highest BCUT2D eigenvalue weighted by Gasteiger charge is 2.22. The van der Waals surface area contributed by atoms with Crippen LogP contribution in [0.15, 0.2) is 12.1 Å². The summed E-state index contributed by atoms with van der Waals surface area (Å²) in [5.74, 6) is -0.765. The van der Waals surface area contributed by atoms with Gasteiger partial charge in [0.25, 0.3) is 0 Å². The summed E-state index contributed by atoms with van der Waals surface area (Å²) in [6.07, 6.45) is 0. The Morgan fingerprint density at radius 3 is 2.48 bits per heavy atom. The van der Waals surface area contributed by atoms with Crippen LogP contribution in [0.3, 0.4) is 0 Å². The lowest BCUT2D eigenvalue weighted by Crippen LogP contribution is -2.44. The Morgan fingerprint density at radius 2 is 1.95 bits per heavy atom. The first kappa shape index (κ1) is 16.2. The second-order valence-corrected chi connectivity index (χ2v) is 6.48. The molecule has 3 N–H and O–H groups in total. The summed E-state index contributed by atoms with van der Waals surface area (Å²) in [5, 5.41) is 22.1. The van der Waals surface area contributed by atoms with Gasteiger partial charge in [-0.25, -0.2) is 0 Å². The monoisotopic (exact) mass is 316 g/mol. The van der Waals surface area contributed by atoms with Crippen LogP contribution in [0.25, 0.3) is 0 Å². The average Bonchev–Trinajstić information content (AvgIpc) is 2.40. The number of hydrogen-bond donors (Lipinski definition) is 3. The van der Waals surface area contributed by atoms with Crippen LogP contribution in [-0.2, 0) is 16.0 Å². The van der Waals surface area contributed by atoms with Gasteiger partial charge in [0.15, 0.2) is 0 Å². The Morgan fingerprint density at radius 1 is 1.33 bits per heavy atom. The van der Waals surface area contributed by atoms with Gasteiger partial charge in [0.2, 0.25) is 0 Å². The lowest BCUT2D eigenvalue weighted by Gasteiger charge is -2.30. The summed E-state index contributed by atoms with van der Waals surface area (Å²) in [4.78, 5) is 2.00. The van der Waals surface area contributed by atoms with Gasteiger partial charge in [0, 0.05) is 31.9 Å². The molecule has 2 rings (SSSR count). The number of nitrogens with one attached hydrogen (secondary N) is 1. The number of piperazine rings is 1. The molecule has 0 spiro atoms. The predicted octanol–water partition coefficient (Wildman–Crippen LogP) is -1.12.